The highest BCUT2D eigenvalue weighted by molar-refractivity contribution is 5.97. The number of nitrogens with one attached hydrogen (secondary N) is 1. The fraction of sp³-hybridized carbons (Fsp3) is 0.684. The number of aliphatic carboxylic acids is 1. The molecule has 132 valence electrons. The van der Waals surface area contributed by atoms with E-state index in [2.05, 4.69) is 9.88 Å². The first-order valence-electron chi connectivity index (χ1n) is 9.19. The van der Waals surface area contributed by atoms with Crippen molar-refractivity contribution in [3.8, 4) is 0 Å². The average Bonchev–Trinajstić information content (AvgIpc) is 3.31. The largest absolute Gasteiger partial charge is 0.480 e. The molecule has 2 saturated carbocycles. The Labute approximate surface area is 143 Å². The van der Waals surface area contributed by atoms with Crippen LogP contribution >= 0.6 is 0 Å². The molecule has 0 saturated heterocycles. The number of hydrogen-bond donors (Lipinski definition) is 2. The van der Waals surface area contributed by atoms with E-state index < -0.39 is 12.0 Å². The number of rotatable bonds is 6. The van der Waals surface area contributed by atoms with Gasteiger partial charge in [0, 0.05) is 17.4 Å². The van der Waals surface area contributed by atoms with Gasteiger partial charge in [0.1, 0.15) is 6.04 Å². The van der Waals surface area contributed by atoms with Crippen LogP contribution in [0.25, 0.3) is 0 Å². The molecule has 1 unspecified atom stereocenters. The number of carboxylic acids is 1. The summed E-state index contributed by atoms with van der Waals surface area (Å²) in [5.41, 5.74) is 2.69. The van der Waals surface area contributed by atoms with Gasteiger partial charge in [0.2, 0.25) is 0 Å². The van der Waals surface area contributed by atoms with Crippen LogP contribution in [-0.2, 0) is 4.79 Å². The zero-order valence-electron chi connectivity index (χ0n) is 14.7. The van der Waals surface area contributed by atoms with E-state index in [1.165, 1.54) is 19.3 Å². The molecule has 1 aromatic heterocycles. The van der Waals surface area contributed by atoms with Crippen LogP contribution in [0.1, 0.15) is 79.2 Å². The van der Waals surface area contributed by atoms with Crippen LogP contribution in [0.4, 0.5) is 0 Å². The summed E-state index contributed by atoms with van der Waals surface area (Å²) in [6, 6.07) is 1.61. The van der Waals surface area contributed by atoms with Crippen LogP contribution in [0.15, 0.2) is 6.07 Å². The zero-order chi connectivity index (χ0) is 17.3. The third-order valence-electron chi connectivity index (χ3n) is 5.54. The molecule has 0 spiro atoms. The minimum absolute atomic E-state index is 0.252. The van der Waals surface area contributed by atoms with Crippen molar-refractivity contribution in [2.24, 2.45) is 5.92 Å². The number of aryl methyl sites for hydroxylation is 1. The highest BCUT2D eigenvalue weighted by Crippen LogP contribution is 2.34. The molecule has 1 heterocycles. The third-order valence-corrected chi connectivity index (χ3v) is 5.54. The summed E-state index contributed by atoms with van der Waals surface area (Å²) in [4.78, 5) is 24.1. The number of carbonyl (C=O) groups is 2. The van der Waals surface area contributed by atoms with Crippen LogP contribution in [0.3, 0.4) is 0 Å². The lowest BCUT2D eigenvalue weighted by Crippen LogP contribution is -2.41. The standard InChI is InChI=1S/C19H28N2O3/c1-12-10-16(13(2)21(12)15-6-4-3-5-7-15)18(22)20-17(19(23)24)11-14-8-9-14/h10,14-15,17H,3-9,11H2,1-2H3,(H,20,22)(H,23,24). The quantitative estimate of drug-likeness (QED) is 0.836. The second-order valence-electron chi connectivity index (χ2n) is 7.49. The van der Waals surface area contributed by atoms with E-state index in [-0.39, 0.29) is 5.91 Å². The molecule has 2 fully saturated rings. The number of carboxylic acid groups (broad SMARTS) is 1. The Bertz CT molecular complexity index is 625. The van der Waals surface area contributed by atoms with Crippen LogP contribution < -0.4 is 5.32 Å². The molecular formula is C19H28N2O3. The van der Waals surface area contributed by atoms with Gasteiger partial charge in [0.15, 0.2) is 0 Å². The van der Waals surface area contributed by atoms with Gasteiger partial charge < -0.3 is 15.0 Å². The fourth-order valence-electron chi connectivity index (χ4n) is 4.05. The maximum Gasteiger partial charge on any atom is 0.326 e. The predicted molar refractivity (Wildman–Crippen MR) is 92.3 cm³/mol. The van der Waals surface area contributed by atoms with Crippen LogP contribution in [-0.4, -0.2) is 27.6 Å². The van der Waals surface area contributed by atoms with Gasteiger partial charge in [0.05, 0.1) is 5.56 Å². The third kappa shape index (κ3) is 3.65. The van der Waals surface area contributed by atoms with Gasteiger partial charge >= 0.3 is 5.97 Å². The minimum Gasteiger partial charge on any atom is -0.480 e. The lowest BCUT2D eigenvalue weighted by Gasteiger charge is -2.26. The molecule has 2 N–H and O–H groups in total. The van der Waals surface area contributed by atoms with E-state index in [0.717, 1.165) is 37.1 Å². The molecule has 2 aliphatic rings. The summed E-state index contributed by atoms with van der Waals surface area (Å²) in [5, 5.41) is 12.1. The Kier molecular flexibility index (Phi) is 4.97. The summed E-state index contributed by atoms with van der Waals surface area (Å²) in [7, 11) is 0. The molecule has 1 aromatic rings. The van der Waals surface area contributed by atoms with E-state index in [4.69, 9.17) is 0 Å². The maximum atomic E-state index is 12.6. The topological polar surface area (TPSA) is 71.3 Å². The smallest absolute Gasteiger partial charge is 0.326 e. The molecule has 24 heavy (non-hydrogen) atoms. The summed E-state index contributed by atoms with van der Waals surface area (Å²) in [5.74, 6) is -0.726. The van der Waals surface area contributed by atoms with Crippen molar-refractivity contribution in [2.45, 2.75) is 77.3 Å². The van der Waals surface area contributed by atoms with Crippen LogP contribution in [0.5, 0.6) is 0 Å². The molecule has 1 amide bonds. The van der Waals surface area contributed by atoms with Crippen LogP contribution in [0.2, 0.25) is 0 Å². The first-order chi connectivity index (χ1) is 11.5. The first-order valence-corrected chi connectivity index (χ1v) is 9.19. The van der Waals surface area contributed by atoms with E-state index in [0.29, 0.717) is 23.9 Å². The first kappa shape index (κ1) is 17.1. The van der Waals surface area contributed by atoms with Gasteiger partial charge in [-0.15, -0.1) is 0 Å². The lowest BCUT2D eigenvalue weighted by atomic mass is 9.95. The summed E-state index contributed by atoms with van der Waals surface area (Å²) >= 11 is 0. The molecule has 5 nitrogen and oxygen atoms in total. The minimum atomic E-state index is -0.934. The zero-order valence-corrected chi connectivity index (χ0v) is 14.7. The normalized spacial score (nSPS) is 19.9. The van der Waals surface area contributed by atoms with Gasteiger partial charge in [-0.1, -0.05) is 32.1 Å². The molecule has 1 atom stereocenters. The second kappa shape index (κ2) is 6.99. The summed E-state index contributed by atoms with van der Waals surface area (Å²) in [6.07, 6.45) is 8.81. The Balaban J connectivity index is 1.75. The van der Waals surface area contributed by atoms with Gasteiger partial charge in [-0.05, 0) is 45.1 Å². The molecule has 0 aliphatic heterocycles. The second-order valence-corrected chi connectivity index (χ2v) is 7.49. The van der Waals surface area contributed by atoms with Gasteiger partial charge in [-0.2, -0.15) is 0 Å². The lowest BCUT2D eigenvalue weighted by molar-refractivity contribution is -0.139. The Morgan fingerprint density at radius 2 is 1.88 bits per heavy atom. The van der Waals surface area contributed by atoms with E-state index in [1.54, 1.807) is 0 Å². The average molecular weight is 332 g/mol. The van der Waals surface area contributed by atoms with E-state index >= 15 is 0 Å². The van der Waals surface area contributed by atoms with Gasteiger partial charge in [-0.3, -0.25) is 4.79 Å². The molecular weight excluding hydrogens is 304 g/mol. The SMILES string of the molecule is Cc1cc(C(=O)NC(CC2CC2)C(=O)O)c(C)n1C1CCCCC1. The fourth-order valence-corrected chi connectivity index (χ4v) is 4.05. The number of carbonyl (C=O) groups excluding carboxylic acids is 1. The number of hydrogen-bond acceptors (Lipinski definition) is 2. The van der Waals surface area contributed by atoms with Crippen molar-refractivity contribution in [1.82, 2.24) is 9.88 Å². The van der Waals surface area contributed by atoms with Crippen molar-refractivity contribution in [2.75, 3.05) is 0 Å². The van der Waals surface area contributed by atoms with Gasteiger partial charge in [0.25, 0.3) is 5.91 Å². The Morgan fingerprint density at radius 1 is 1.21 bits per heavy atom. The highest BCUT2D eigenvalue weighted by atomic mass is 16.4. The molecule has 0 radical (unpaired) electrons. The Hall–Kier alpha value is -1.78. The van der Waals surface area contributed by atoms with Crippen molar-refractivity contribution >= 4 is 11.9 Å². The number of aromatic nitrogens is 1. The maximum absolute atomic E-state index is 12.6. The van der Waals surface area contributed by atoms with Crippen molar-refractivity contribution in [3.63, 3.8) is 0 Å². The van der Waals surface area contributed by atoms with Gasteiger partial charge in [-0.25, -0.2) is 4.79 Å². The predicted octanol–water partition coefficient (Wildman–Crippen LogP) is 3.59. The van der Waals surface area contributed by atoms with Crippen molar-refractivity contribution in [1.29, 1.82) is 0 Å². The number of nitrogens with zero attached hydrogens (tertiary/aromatic N) is 1. The number of amides is 1. The Morgan fingerprint density at radius 3 is 2.46 bits per heavy atom. The molecule has 0 aromatic carbocycles. The van der Waals surface area contributed by atoms with Crippen molar-refractivity contribution in [3.05, 3.63) is 23.0 Å². The molecule has 3 rings (SSSR count). The summed E-state index contributed by atoms with van der Waals surface area (Å²) < 4.78 is 2.28. The molecule has 0 bridgehead atoms. The van der Waals surface area contributed by atoms with Crippen molar-refractivity contribution < 1.29 is 14.7 Å². The highest BCUT2D eigenvalue weighted by Gasteiger charge is 2.31. The molecule has 2 aliphatic carbocycles. The summed E-state index contributed by atoms with van der Waals surface area (Å²) in [6.45, 7) is 4.02. The van der Waals surface area contributed by atoms with Crippen LogP contribution in [0, 0.1) is 19.8 Å². The monoisotopic (exact) mass is 332 g/mol. The van der Waals surface area contributed by atoms with E-state index in [9.17, 15) is 14.7 Å². The molecule has 5 heteroatoms. The van der Waals surface area contributed by atoms with E-state index in [1.807, 2.05) is 19.9 Å².